The highest BCUT2D eigenvalue weighted by Gasteiger charge is 2.30. The second-order valence-electron chi connectivity index (χ2n) is 4.46. The number of amides is 1. The molecule has 1 aliphatic rings. The van der Waals surface area contributed by atoms with Crippen LogP contribution in [0.3, 0.4) is 0 Å². The first-order valence-corrected chi connectivity index (χ1v) is 5.97. The van der Waals surface area contributed by atoms with Crippen LogP contribution in [-0.4, -0.2) is 5.91 Å². The van der Waals surface area contributed by atoms with Crippen molar-refractivity contribution in [2.75, 3.05) is 0 Å². The summed E-state index contributed by atoms with van der Waals surface area (Å²) in [5, 5.41) is 2.97. The topological polar surface area (TPSA) is 55.1 Å². The fraction of sp³-hybridized carbons (Fsp3) is 0.133. The van der Waals surface area contributed by atoms with Gasteiger partial charge in [0.25, 0.3) is 0 Å². The number of nitrogens with two attached hydrogens (primary N) is 1. The van der Waals surface area contributed by atoms with Crippen molar-refractivity contribution in [3.05, 3.63) is 71.3 Å². The molecule has 0 aromatic heterocycles. The second kappa shape index (κ2) is 4.27. The summed E-state index contributed by atoms with van der Waals surface area (Å²) in [6.07, 6.45) is 0. The summed E-state index contributed by atoms with van der Waals surface area (Å²) >= 11 is 0. The van der Waals surface area contributed by atoms with E-state index < -0.39 is 6.04 Å². The zero-order valence-electron chi connectivity index (χ0n) is 9.84. The van der Waals surface area contributed by atoms with E-state index in [9.17, 15) is 4.79 Å². The van der Waals surface area contributed by atoms with Crippen LogP contribution in [0.15, 0.2) is 54.6 Å². The zero-order chi connectivity index (χ0) is 12.5. The van der Waals surface area contributed by atoms with Gasteiger partial charge in [0, 0.05) is 0 Å². The summed E-state index contributed by atoms with van der Waals surface area (Å²) < 4.78 is 0. The SMILES string of the molecule is N[C@@H]1C(=O)N[C@@H](c2ccccc2)c2ccccc21. The molecule has 90 valence electrons. The Hall–Kier alpha value is -2.13. The molecule has 18 heavy (non-hydrogen) atoms. The largest absolute Gasteiger partial charge is 0.344 e. The minimum atomic E-state index is -0.568. The van der Waals surface area contributed by atoms with Gasteiger partial charge in [-0.15, -0.1) is 0 Å². The van der Waals surface area contributed by atoms with Gasteiger partial charge in [-0.25, -0.2) is 0 Å². The van der Waals surface area contributed by atoms with Gasteiger partial charge < -0.3 is 11.1 Å². The van der Waals surface area contributed by atoms with E-state index in [0.717, 1.165) is 16.7 Å². The van der Waals surface area contributed by atoms with Crippen LogP contribution in [0.25, 0.3) is 0 Å². The lowest BCUT2D eigenvalue weighted by molar-refractivity contribution is -0.123. The molecule has 3 N–H and O–H groups in total. The van der Waals surface area contributed by atoms with E-state index in [1.54, 1.807) is 0 Å². The van der Waals surface area contributed by atoms with Crippen molar-refractivity contribution in [1.82, 2.24) is 5.32 Å². The van der Waals surface area contributed by atoms with Gasteiger partial charge in [-0.05, 0) is 16.7 Å². The van der Waals surface area contributed by atoms with Crippen LogP contribution in [0.1, 0.15) is 28.8 Å². The number of rotatable bonds is 1. The van der Waals surface area contributed by atoms with Crippen molar-refractivity contribution >= 4 is 5.91 Å². The molecular formula is C15H14N2O. The molecule has 3 nitrogen and oxygen atoms in total. The normalized spacial score (nSPS) is 22.2. The van der Waals surface area contributed by atoms with E-state index in [1.807, 2.05) is 54.6 Å². The van der Waals surface area contributed by atoms with Crippen molar-refractivity contribution in [3.63, 3.8) is 0 Å². The molecule has 3 heteroatoms. The maximum absolute atomic E-state index is 11.9. The lowest BCUT2D eigenvalue weighted by Gasteiger charge is -2.30. The Kier molecular flexibility index (Phi) is 2.61. The lowest BCUT2D eigenvalue weighted by Crippen LogP contribution is -2.42. The monoisotopic (exact) mass is 238 g/mol. The number of carbonyl (C=O) groups excluding carboxylic acids is 1. The smallest absolute Gasteiger partial charge is 0.242 e. The Morgan fingerprint density at radius 3 is 2.22 bits per heavy atom. The third kappa shape index (κ3) is 1.69. The van der Waals surface area contributed by atoms with E-state index in [0.29, 0.717) is 0 Å². The Bertz CT molecular complexity index is 580. The number of fused-ring (bicyclic) bond motifs is 1. The van der Waals surface area contributed by atoms with Gasteiger partial charge >= 0.3 is 0 Å². The average Bonchev–Trinajstić information content (AvgIpc) is 2.44. The highest BCUT2D eigenvalue weighted by Crippen LogP contribution is 2.32. The highest BCUT2D eigenvalue weighted by molar-refractivity contribution is 5.86. The zero-order valence-corrected chi connectivity index (χ0v) is 9.84. The van der Waals surface area contributed by atoms with Gasteiger partial charge in [0.05, 0.1) is 6.04 Å². The van der Waals surface area contributed by atoms with Gasteiger partial charge in [-0.2, -0.15) is 0 Å². The summed E-state index contributed by atoms with van der Waals surface area (Å²) in [5.41, 5.74) is 8.98. The van der Waals surface area contributed by atoms with Crippen LogP contribution >= 0.6 is 0 Å². The summed E-state index contributed by atoms with van der Waals surface area (Å²) in [6.45, 7) is 0. The van der Waals surface area contributed by atoms with Crippen molar-refractivity contribution < 1.29 is 4.79 Å². The van der Waals surface area contributed by atoms with Crippen LogP contribution in [0.2, 0.25) is 0 Å². The predicted octanol–water partition coefficient (Wildman–Crippen LogP) is 1.91. The molecule has 0 radical (unpaired) electrons. The molecule has 0 fully saturated rings. The molecule has 0 saturated heterocycles. The average molecular weight is 238 g/mol. The molecule has 2 aromatic rings. The Balaban J connectivity index is 2.13. The quantitative estimate of drug-likeness (QED) is 0.797. The van der Waals surface area contributed by atoms with Crippen LogP contribution in [0.5, 0.6) is 0 Å². The number of benzene rings is 2. The molecule has 2 atom stereocenters. The molecule has 0 spiro atoms. The lowest BCUT2D eigenvalue weighted by atomic mass is 9.87. The molecule has 0 unspecified atom stereocenters. The summed E-state index contributed by atoms with van der Waals surface area (Å²) in [5.74, 6) is -0.123. The van der Waals surface area contributed by atoms with Gasteiger partial charge in [-0.1, -0.05) is 54.6 Å². The fourth-order valence-electron chi connectivity index (χ4n) is 2.42. The minimum absolute atomic E-state index is 0.102. The number of nitrogens with one attached hydrogen (secondary N) is 1. The van der Waals surface area contributed by atoms with Crippen LogP contribution in [0, 0.1) is 0 Å². The van der Waals surface area contributed by atoms with E-state index >= 15 is 0 Å². The third-order valence-electron chi connectivity index (χ3n) is 3.34. The van der Waals surface area contributed by atoms with E-state index in [4.69, 9.17) is 5.73 Å². The van der Waals surface area contributed by atoms with Crippen molar-refractivity contribution in [3.8, 4) is 0 Å². The van der Waals surface area contributed by atoms with Crippen LogP contribution in [-0.2, 0) is 4.79 Å². The van der Waals surface area contributed by atoms with Crippen molar-refractivity contribution in [2.24, 2.45) is 5.73 Å². The molecule has 0 bridgehead atoms. The number of carbonyl (C=O) groups is 1. The minimum Gasteiger partial charge on any atom is -0.344 e. The molecular weight excluding hydrogens is 224 g/mol. The highest BCUT2D eigenvalue weighted by atomic mass is 16.2. The molecule has 1 amide bonds. The van der Waals surface area contributed by atoms with E-state index in [2.05, 4.69) is 5.32 Å². The second-order valence-corrected chi connectivity index (χ2v) is 4.46. The van der Waals surface area contributed by atoms with Crippen molar-refractivity contribution in [2.45, 2.75) is 12.1 Å². The van der Waals surface area contributed by atoms with E-state index in [1.165, 1.54) is 0 Å². The molecule has 1 aliphatic heterocycles. The van der Waals surface area contributed by atoms with Gasteiger partial charge in [0.1, 0.15) is 6.04 Å². The van der Waals surface area contributed by atoms with E-state index in [-0.39, 0.29) is 11.9 Å². The summed E-state index contributed by atoms with van der Waals surface area (Å²) in [4.78, 5) is 11.9. The standard InChI is InChI=1S/C15H14N2O/c16-13-11-8-4-5-9-12(11)14(17-15(13)18)10-6-2-1-3-7-10/h1-9,13-14H,16H2,(H,17,18)/t13-,14-/m0/s1. The van der Waals surface area contributed by atoms with Gasteiger partial charge in [0.15, 0.2) is 0 Å². The van der Waals surface area contributed by atoms with Crippen LogP contribution in [0.4, 0.5) is 0 Å². The summed E-state index contributed by atoms with van der Waals surface area (Å²) in [7, 11) is 0. The molecule has 0 aliphatic carbocycles. The fourth-order valence-corrected chi connectivity index (χ4v) is 2.42. The number of hydrogen-bond acceptors (Lipinski definition) is 2. The van der Waals surface area contributed by atoms with Gasteiger partial charge in [0.2, 0.25) is 5.91 Å². The molecule has 2 aromatic carbocycles. The summed E-state index contributed by atoms with van der Waals surface area (Å²) in [6, 6.07) is 17.1. The predicted molar refractivity (Wildman–Crippen MR) is 69.8 cm³/mol. The maximum atomic E-state index is 11.9. The third-order valence-corrected chi connectivity index (χ3v) is 3.34. The molecule has 3 rings (SSSR count). The first-order chi connectivity index (χ1) is 8.77. The number of hydrogen-bond donors (Lipinski definition) is 2. The van der Waals surface area contributed by atoms with Crippen molar-refractivity contribution in [1.29, 1.82) is 0 Å². The van der Waals surface area contributed by atoms with Gasteiger partial charge in [-0.3, -0.25) is 4.79 Å². The Labute approximate surface area is 106 Å². The Morgan fingerprint density at radius 1 is 0.889 bits per heavy atom. The molecule has 1 heterocycles. The Morgan fingerprint density at radius 2 is 1.50 bits per heavy atom. The molecule has 0 saturated carbocycles. The first-order valence-electron chi connectivity index (χ1n) is 5.97. The maximum Gasteiger partial charge on any atom is 0.242 e. The first kappa shape index (κ1) is 11.0. The van der Waals surface area contributed by atoms with Crippen LogP contribution < -0.4 is 11.1 Å².